The summed E-state index contributed by atoms with van der Waals surface area (Å²) in [6, 6.07) is 25.1. The molecule has 0 saturated carbocycles. The molecule has 0 bridgehead atoms. The summed E-state index contributed by atoms with van der Waals surface area (Å²) in [5.41, 5.74) is 3.53. The molecule has 2 amide bonds. The van der Waals surface area contributed by atoms with Gasteiger partial charge in [0.05, 0.1) is 24.8 Å². The number of nitrogens with zero attached hydrogens (tertiary/aromatic N) is 2. The van der Waals surface area contributed by atoms with Crippen molar-refractivity contribution in [1.29, 1.82) is 0 Å². The van der Waals surface area contributed by atoms with Gasteiger partial charge in [-0.25, -0.2) is 8.42 Å². The summed E-state index contributed by atoms with van der Waals surface area (Å²) in [6.45, 7) is 5.35. The number of carbonyl (C=O) groups excluding carboxylic acids is 2. The van der Waals surface area contributed by atoms with Crippen molar-refractivity contribution in [3.05, 3.63) is 118 Å². The lowest BCUT2D eigenvalue weighted by Gasteiger charge is -2.34. The fraction of sp³-hybridized carbons (Fsp3) is 0.278. The van der Waals surface area contributed by atoms with Gasteiger partial charge in [-0.3, -0.25) is 13.9 Å². The third-order valence-electron chi connectivity index (χ3n) is 7.60. The van der Waals surface area contributed by atoms with Gasteiger partial charge in [-0.15, -0.1) is 0 Å². The number of methoxy groups -OCH3 is 2. The second-order valence-electron chi connectivity index (χ2n) is 11.1. The number of carbonyl (C=O) groups is 2. The van der Waals surface area contributed by atoms with Gasteiger partial charge in [0.15, 0.2) is 11.5 Å². The minimum atomic E-state index is -4.34. The first-order valence-electron chi connectivity index (χ1n) is 15.2. The minimum absolute atomic E-state index is 0.0434. The van der Waals surface area contributed by atoms with Gasteiger partial charge >= 0.3 is 0 Å². The Morgan fingerprint density at radius 1 is 0.830 bits per heavy atom. The van der Waals surface area contributed by atoms with E-state index in [2.05, 4.69) is 5.32 Å². The van der Waals surface area contributed by atoms with E-state index < -0.39 is 28.5 Å². The first kappa shape index (κ1) is 35.3. The van der Waals surface area contributed by atoms with Gasteiger partial charge in [-0.1, -0.05) is 60.1 Å². The summed E-state index contributed by atoms with van der Waals surface area (Å²) < 4.78 is 40.7. The Balaban J connectivity index is 1.84. The smallest absolute Gasteiger partial charge is 0.264 e. The lowest BCUT2D eigenvalue weighted by molar-refractivity contribution is -0.140. The summed E-state index contributed by atoms with van der Waals surface area (Å²) in [5.74, 6) is -0.321. The van der Waals surface area contributed by atoms with Gasteiger partial charge in [0.25, 0.3) is 10.0 Å². The van der Waals surface area contributed by atoms with Gasteiger partial charge < -0.3 is 19.7 Å². The van der Waals surface area contributed by atoms with Crippen LogP contribution in [0, 0.1) is 13.8 Å². The number of ether oxygens (including phenoxy) is 2. The quantitative estimate of drug-likeness (QED) is 0.177. The van der Waals surface area contributed by atoms with Gasteiger partial charge in [0, 0.05) is 30.6 Å². The third-order valence-corrected chi connectivity index (χ3v) is 9.63. The van der Waals surface area contributed by atoms with Crippen LogP contribution >= 0.6 is 11.6 Å². The predicted molar refractivity (Wildman–Crippen MR) is 185 cm³/mol. The third kappa shape index (κ3) is 8.84. The number of rotatable bonds is 14. The standard InChI is InChI=1S/C36H40ClN3O6S/c1-6-38-36(42)32(21-27-10-8-7-9-11-27)39(23-28-12-14-29(37)15-13-28)35(41)24-40(30-19-25(2)18-26(3)20-30)47(43,44)31-16-17-33(45-4)34(22-31)46-5/h7-20,22,32H,6,21,23-24H2,1-5H3,(H,38,42)/t32-/m0/s1. The lowest BCUT2D eigenvalue weighted by atomic mass is 10.0. The van der Waals surface area contributed by atoms with E-state index in [1.165, 1.54) is 37.3 Å². The van der Waals surface area contributed by atoms with E-state index in [-0.39, 0.29) is 29.5 Å². The van der Waals surface area contributed by atoms with Crippen molar-refractivity contribution in [2.75, 3.05) is 31.6 Å². The first-order chi connectivity index (χ1) is 22.5. The van der Waals surface area contributed by atoms with E-state index in [9.17, 15) is 18.0 Å². The second kappa shape index (κ2) is 15.8. The van der Waals surface area contributed by atoms with Crippen molar-refractivity contribution in [3.8, 4) is 11.5 Å². The molecule has 0 aromatic heterocycles. The van der Waals surface area contributed by atoms with Crippen LogP contribution in [0.5, 0.6) is 11.5 Å². The molecule has 248 valence electrons. The average molecular weight is 678 g/mol. The molecule has 0 heterocycles. The van der Waals surface area contributed by atoms with Gasteiger partial charge in [-0.2, -0.15) is 0 Å². The van der Waals surface area contributed by atoms with E-state index in [0.717, 1.165) is 26.6 Å². The number of aryl methyl sites for hydroxylation is 2. The number of halogens is 1. The van der Waals surface area contributed by atoms with Gasteiger partial charge in [0.2, 0.25) is 11.8 Å². The highest BCUT2D eigenvalue weighted by Crippen LogP contribution is 2.33. The van der Waals surface area contributed by atoms with Crippen molar-refractivity contribution in [1.82, 2.24) is 10.2 Å². The van der Waals surface area contributed by atoms with Crippen molar-refractivity contribution in [2.24, 2.45) is 0 Å². The largest absolute Gasteiger partial charge is 0.493 e. The van der Waals surface area contributed by atoms with E-state index in [1.807, 2.05) is 50.2 Å². The molecule has 4 rings (SSSR count). The fourth-order valence-electron chi connectivity index (χ4n) is 5.36. The van der Waals surface area contributed by atoms with Crippen LogP contribution in [0.4, 0.5) is 5.69 Å². The van der Waals surface area contributed by atoms with Gasteiger partial charge in [0.1, 0.15) is 12.6 Å². The monoisotopic (exact) mass is 677 g/mol. The number of hydrogen-bond acceptors (Lipinski definition) is 6. The Morgan fingerprint density at radius 3 is 2.06 bits per heavy atom. The maximum absolute atomic E-state index is 14.6. The number of anilines is 1. The molecule has 0 saturated heterocycles. The average Bonchev–Trinajstić information content (AvgIpc) is 3.05. The highest BCUT2D eigenvalue weighted by molar-refractivity contribution is 7.92. The normalized spacial score (nSPS) is 11.8. The van der Waals surface area contributed by atoms with Crippen LogP contribution in [0.2, 0.25) is 5.02 Å². The molecular formula is C36H40ClN3O6S. The zero-order valence-corrected chi connectivity index (χ0v) is 28.8. The lowest BCUT2D eigenvalue weighted by Crippen LogP contribution is -2.53. The SMILES string of the molecule is CCNC(=O)[C@H](Cc1ccccc1)N(Cc1ccc(Cl)cc1)C(=O)CN(c1cc(C)cc(C)c1)S(=O)(=O)c1ccc(OC)c(OC)c1. The Morgan fingerprint density at radius 2 is 1.47 bits per heavy atom. The summed E-state index contributed by atoms with van der Waals surface area (Å²) >= 11 is 6.15. The molecule has 0 aliphatic rings. The number of hydrogen-bond donors (Lipinski definition) is 1. The number of amides is 2. The molecular weight excluding hydrogens is 638 g/mol. The van der Waals surface area contributed by atoms with E-state index in [1.54, 1.807) is 43.3 Å². The zero-order chi connectivity index (χ0) is 34.1. The van der Waals surface area contributed by atoms with Crippen LogP contribution in [-0.2, 0) is 32.6 Å². The maximum atomic E-state index is 14.6. The fourth-order valence-corrected chi connectivity index (χ4v) is 6.90. The zero-order valence-electron chi connectivity index (χ0n) is 27.2. The van der Waals surface area contributed by atoms with Crippen LogP contribution in [0.15, 0.2) is 95.9 Å². The summed E-state index contributed by atoms with van der Waals surface area (Å²) in [6.07, 6.45) is 0.220. The van der Waals surface area contributed by atoms with Crippen molar-refractivity contribution in [2.45, 2.75) is 44.7 Å². The summed E-state index contributed by atoms with van der Waals surface area (Å²) in [7, 11) is -1.46. The van der Waals surface area contributed by atoms with Crippen molar-refractivity contribution >= 4 is 39.1 Å². The number of likely N-dealkylation sites (N-methyl/N-ethyl adjacent to an activating group) is 1. The molecule has 4 aromatic carbocycles. The highest BCUT2D eigenvalue weighted by atomic mass is 35.5. The minimum Gasteiger partial charge on any atom is -0.493 e. The Kier molecular flexibility index (Phi) is 11.9. The van der Waals surface area contributed by atoms with E-state index in [0.29, 0.717) is 23.0 Å². The van der Waals surface area contributed by atoms with Crippen LogP contribution in [0.25, 0.3) is 0 Å². The van der Waals surface area contributed by atoms with Crippen LogP contribution in [0.3, 0.4) is 0 Å². The molecule has 9 nitrogen and oxygen atoms in total. The molecule has 47 heavy (non-hydrogen) atoms. The molecule has 1 N–H and O–H groups in total. The number of sulfonamides is 1. The van der Waals surface area contributed by atoms with Crippen LogP contribution in [-0.4, -0.2) is 58.5 Å². The molecule has 11 heteroatoms. The molecule has 0 unspecified atom stereocenters. The molecule has 1 atom stereocenters. The number of nitrogens with one attached hydrogen (secondary N) is 1. The molecule has 0 aliphatic carbocycles. The number of benzene rings is 4. The van der Waals surface area contributed by atoms with Crippen LogP contribution < -0.4 is 19.1 Å². The Hall–Kier alpha value is -4.54. The summed E-state index contributed by atoms with van der Waals surface area (Å²) in [5, 5.41) is 3.39. The van der Waals surface area contributed by atoms with Crippen LogP contribution in [0.1, 0.15) is 29.2 Å². The molecule has 0 aliphatic heterocycles. The molecule has 4 aromatic rings. The molecule has 0 fully saturated rings. The first-order valence-corrected chi connectivity index (χ1v) is 17.0. The van der Waals surface area contributed by atoms with Crippen molar-refractivity contribution in [3.63, 3.8) is 0 Å². The predicted octanol–water partition coefficient (Wildman–Crippen LogP) is 5.95. The van der Waals surface area contributed by atoms with Gasteiger partial charge in [-0.05, 0) is 79.4 Å². The summed E-state index contributed by atoms with van der Waals surface area (Å²) in [4.78, 5) is 29.6. The highest BCUT2D eigenvalue weighted by Gasteiger charge is 2.35. The maximum Gasteiger partial charge on any atom is 0.264 e. The topological polar surface area (TPSA) is 105 Å². The van der Waals surface area contributed by atoms with Crippen molar-refractivity contribution < 1.29 is 27.5 Å². The van der Waals surface area contributed by atoms with E-state index in [4.69, 9.17) is 21.1 Å². The second-order valence-corrected chi connectivity index (χ2v) is 13.4. The molecule has 0 spiro atoms. The Bertz CT molecular complexity index is 1780. The van der Waals surface area contributed by atoms with E-state index >= 15 is 0 Å². The molecule has 0 radical (unpaired) electrons. The Labute approximate surface area is 282 Å².